The minimum Gasteiger partial charge on any atom is -0.484 e. The van der Waals surface area contributed by atoms with Crippen LogP contribution in [0.1, 0.15) is 5.82 Å². The van der Waals surface area contributed by atoms with E-state index in [-0.39, 0.29) is 18.3 Å². The fraction of sp³-hybridized carbons (Fsp3) is 0.158. The van der Waals surface area contributed by atoms with E-state index in [2.05, 4.69) is 27.1 Å². The van der Waals surface area contributed by atoms with Crippen molar-refractivity contribution in [3.8, 4) is 5.75 Å². The van der Waals surface area contributed by atoms with Crippen LogP contribution in [-0.4, -0.2) is 31.4 Å². The van der Waals surface area contributed by atoms with E-state index in [4.69, 9.17) is 39.5 Å². The molecular formula is C19H16Cl3N5O2S. The van der Waals surface area contributed by atoms with E-state index in [1.807, 2.05) is 4.57 Å². The Labute approximate surface area is 192 Å². The van der Waals surface area contributed by atoms with Crippen molar-refractivity contribution in [1.82, 2.24) is 19.7 Å². The molecule has 1 amide bonds. The van der Waals surface area contributed by atoms with Gasteiger partial charge in [-0.05, 0) is 24.3 Å². The molecule has 0 unspecified atom stereocenters. The van der Waals surface area contributed by atoms with Crippen molar-refractivity contribution in [2.45, 2.75) is 18.3 Å². The molecule has 2 aromatic heterocycles. The lowest BCUT2D eigenvalue weighted by Crippen LogP contribution is -2.15. The number of aromatic nitrogens is 4. The minimum atomic E-state index is -0.230. The number of benzene rings is 1. The summed E-state index contributed by atoms with van der Waals surface area (Å²) in [5.41, 5.74) is 0. The Hall–Kier alpha value is -2.26. The third-order valence-corrected chi connectivity index (χ3v) is 5.42. The molecule has 2 heterocycles. The average Bonchev–Trinajstić information content (AvgIpc) is 3.11. The zero-order valence-electron chi connectivity index (χ0n) is 15.5. The third-order valence-electron chi connectivity index (χ3n) is 3.68. The van der Waals surface area contributed by atoms with E-state index in [0.29, 0.717) is 44.2 Å². The molecule has 1 aromatic carbocycles. The first-order valence-corrected chi connectivity index (χ1v) is 10.7. The maximum Gasteiger partial charge on any atom is 0.236 e. The predicted octanol–water partition coefficient (Wildman–Crippen LogP) is 5.13. The Balaban J connectivity index is 1.63. The molecule has 0 saturated carbocycles. The summed E-state index contributed by atoms with van der Waals surface area (Å²) in [4.78, 5) is 16.2. The number of amides is 1. The van der Waals surface area contributed by atoms with Crippen LogP contribution in [-0.2, 0) is 17.9 Å². The summed E-state index contributed by atoms with van der Waals surface area (Å²) >= 11 is 19.1. The highest BCUT2D eigenvalue weighted by Gasteiger charge is 2.15. The van der Waals surface area contributed by atoms with Crippen molar-refractivity contribution in [2.24, 2.45) is 0 Å². The number of hydrogen-bond acceptors (Lipinski definition) is 6. The molecule has 156 valence electrons. The van der Waals surface area contributed by atoms with Gasteiger partial charge in [-0.2, -0.15) is 0 Å². The number of halogens is 3. The van der Waals surface area contributed by atoms with Gasteiger partial charge in [0.2, 0.25) is 5.91 Å². The number of pyridine rings is 1. The van der Waals surface area contributed by atoms with Gasteiger partial charge in [-0.3, -0.25) is 9.36 Å². The van der Waals surface area contributed by atoms with Gasteiger partial charge >= 0.3 is 0 Å². The highest BCUT2D eigenvalue weighted by Crippen LogP contribution is 2.28. The second-order valence-corrected chi connectivity index (χ2v) is 8.08. The molecule has 3 aromatic rings. The van der Waals surface area contributed by atoms with Crippen molar-refractivity contribution in [3.05, 3.63) is 70.1 Å². The number of ether oxygens (including phenoxy) is 1. The molecule has 11 heteroatoms. The number of carbonyl (C=O) groups excluding carboxylic acids is 1. The van der Waals surface area contributed by atoms with Crippen LogP contribution in [0.5, 0.6) is 5.75 Å². The molecule has 1 N–H and O–H groups in total. The van der Waals surface area contributed by atoms with Gasteiger partial charge in [0.25, 0.3) is 0 Å². The molecule has 0 aliphatic heterocycles. The molecule has 3 rings (SSSR count). The SMILES string of the molecule is C=CCn1c(COc2cc(Cl)ccc2Cl)nnc1SCC(=O)Nc1ccc(Cl)cn1. The van der Waals surface area contributed by atoms with E-state index in [1.165, 1.54) is 18.0 Å². The van der Waals surface area contributed by atoms with Crippen LogP contribution in [0.15, 0.2) is 54.3 Å². The molecule has 0 aliphatic rings. The number of rotatable bonds is 9. The minimum absolute atomic E-state index is 0.126. The Bertz CT molecular complexity index is 1040. The smallest absolute Gasteiger partial charge is 0.236 e. The number of nitrogens with one attached hydrogen (secondary N) is 1. The van der Waals surface area contributed by atoms with Crippen molar-refractivity contribution in [1.29, 1.82) is 0 Å². The zero-order valence-corrected chi connectivity index (χ0v) is 18.6. The van der Waals surface area contributed by atoms with Gasteiger partial charge in [0.1, 0.15) is 18.2 Å². The Morgan fingerprint density at radius 1 is 1.20 bits per heavy atom. The Morgan fingerprint density at radius 3 is 2.73 bits per heavy atom. The lowest BCUT2D eigenvalue weighted by Gasteiger charge is -2.10. The summed E-state index contributed by atoms with van der Waals surface area (Å²) in [6, 6.07) is 8.24. The van der Waals surface area contributed by atoms with Gasteiger partial charge in [-0.15, -0.1) is 16.8 Å². The number of anilines is 1. The van der Waals surface area contributed by atoms with E-state index >= 15 is 0 Å². The maximum atomic E-state index is 12.2. The Kier molecular flexibility index (Phi) is 7.98. The van der Waals surface area contributed by atoms with Crippen molar-refractivity contribution in [3.63, 3.8) is 0 Å². The quantitative estimate of drug-likeness (QED) is 0.335. The summed E-state index contributed by atoms with van der Waals surface area (Å²) in [5.74, 6) is 1.33. The summed E-state index contributed by atoms with van der Waals surface area (Å²) in [7, 11) is 0. The lowest BCUT2D eigenvalue weighted by atomic mass is 10.3. The van der Waals surface area contributed by atoms with Crippen LogP contribution in [0.3, 0.4) is 0 Å². The largest absolute Gasteiger partial charge is 0.484 e. The highest BCUT2D eigenvalue weighted by atomic mass is 35.5. The molecule has 0 atom stereocenters. The van der Waals surface area contributed by atoms with E-state index in [1.54, 1.807) is 36.4 Å². The molecule has 0 bridgehead atoms. The summed E-state index contributed by atoms with van der Waals surface area (Å²) in [5, 5.41) is 13.0. The van der Waals surface area contributed by atoms with Crippen LogP contribution in [0.2, 0.25) is 15.1 Å². The maximum absolute atomic E-state index is 12.2. The first kappa shape index (κ1) is 22.4. The van der Waals surface area contributed by atoms with Crippen LogP contribution >= 0.6 is 46.6 Å². The van der Waals surface area contributed by atoms with E-state index in [0.717, 1.165) is 0 Å². The number of hydrogen-bond donors (Lipinski definition) is 1. The van der Waals surface area contributed by atoms with Gasteiger partial charge in [-0.25, -0.2) is 4.98 Å². The fourth-order valence-electron chi connectivity index (χ4n) is 2.33. The summed E-state index contributed by atoms with van der Waals surface area (Å²) in [6.45, 7) is 4.34. The van der Waals surface area contributed by atoms with E-state index in [9.17, 15) is 4.79 Å². The lowest BCUT2D eigenvalue weighted by molar-refractivity contribution is -0.113. The molecule has 0 aliphatic carbocycles. The van der Waals surface area contributed by atoms with Crippen LogP contribution in [0, 0.1) is 0 Å². The second-order valence-electron chi connectivity index (χ2n) is 5.86. The van der Waals surface area contributed by atoms with Gasteiger partial charge in [0.05, 0.1) is 15.8 Å². The van der Waals surface area contributed by atoms with Crippen LogP contribution in [0.25, 0.3) is 0 Å². The van der Waals surface area contributed by atoms with Crippen molar-refractivity contribution < 1.29 is 9.53 Å². The van der Waals surface area contributed by atoms with Crippen LogP contribution in [0.4, 0.5) is 5.82 Å². The number of allylic oxidation sites excluding steroid dienone is 1. The van der Waals surface area contributed by atoms with Gasteiger partial charge in [0, 0.05) is 23.8 Å². The highest BCUT2D eigenvalue weighted by molar-refractivity contribution is 7.99. The summed E-state index contributed by atoms with van der Waals surface area (Å²) in [6.07, 6.45) is 3.17. The molecule has 7 nitrogen and oxygen atoms in total. The van der Waals surface area contributed by atoms with Gasteiger partial charge in [0.15, 0.2) is 11.0 Å². The Morgan fingerprint density at radius 2 is 2.00 bits per heavy atom. The van der Waals surface area contributed by atoms with Crippen molar-refractivity contribution >= 4 is 58.3 Å². The first-order valence-electron chi connectivity index (χ1n) is 8.61. The number of nitrogens with zero attached hydrogens (tertiary/aromatic N) is 4. The van der Waals surface area contributed by atoms with Gasteiger partial charge in [-0.1, -0.05) is 52.6 Å². The van der Waals surface area contributed by atoms with E-state index < -0.39 is 0 Å². The monoisotopic (exact) mass is 483 g/mol. The third kappa shape index (κ3) is 6.12. The topological polar surface area (TPSA) is 81.9 Å². The summed E-state index contributed by atoms with van der Waals surface area (Å²) < 4.78 is 7.55. The molecule has 0 saturated heterocycles. The fourth-order valence-corrected chi connectivity index (χ4v) is 3.55. The second kappa shape index (κ2) is 10.7. The zero-order chi connectivity index (χ0) is 21.5. The normalized spacial score (nSPS) is 10.6. The number of carbonyl (C=O) groups is 1. The first-order chi connectivity index (χ1) is 14.5. The molecule has 0 radical (unpaired) electrons. The molecule has 0 fully saturated rings. The molecular weight excluding hydrogens is 469 g/mol. The average molecular weight is 485 g/mol. The molecule has 0 spiro atoms. The number of thioether (sulfide) groups is 1. The predicted molar refractivity (Wildman–Crippen MR) is 120 cm³/mol. The van der Waals surface area contributed by atoms with Gasteiger partial charge < -0.3 is 10.1 Å². The van der Waals surface area contributed by atoms with Crippen molar-refractivity contribution in [2.75, 3.05) is 11.1 Å². The van der Waals surface area contributed by atoms with Crippen LogP contribution < -0.4 is 10.1 Å². The molecule has 30 heavy (non-hydrogen) atoms. The standard InChI is InChI=1S/C19H16Cl3N5O2S/c1-2-7-27-17(10-29-15-8-12(20)3-5-14(15)22)25-26-19(27)30-11-18(28)24-16-6-4-13(21)9-23-16/h2-6,8-9H,1,7,10-11H2,(H,23,24,28).